The molecule has 142 valence electrons. The molecule has 0 saturated heterocycles. The van der Waals surface area contributed by atoms with Gasteiger partial charge in [-0.2, -0.15) is 0 Å². The maximum absolute atomic E-state index is 13.8. The van der Waals surface area contributed by atoms with Gasteiger partial charge in [0, 0.05) is 22.5 Å². The van der Waals surface area contributed by atoms with Gasteiger partial charge in [0.05, 0.1) is 17.8 Å². The van der Waals surface area contributed by atoms with E-state index >= 15 is 0 Å². The summed E-state index contributed by atoms with van der Waals surface area (Å²) in [6.07, 6.45) is 0.462. The van der Waals surface area contributed by atoms with Crippen molar-refractivity contribution in [3.63, 3.8) is 0 Å². The van der Waals surface area contributed by atoms with E-state index < -0.39 is 0 Å². The normalized spacial score (nSPS) is 14.2. The van der Waals surface area contributed by atoms with Crippen molar-refractivity contribution in [3.8, 4) is 11.3 Å². The summed E-state index contributed by atoms with van der Waals surface area (Å²) in [6.45, 7) is 0.682. The number of nitrogens with zero attached hydrogens (tertiary/aromatic N) is 2. The zero-order valence-electron chi connectivity index (χ0n) is 14.8. The molecule has 0 spiro atoms. The summed E-state index contributed by atoms with van der Waals surface area (Å²) in [5.74, 6) is 0.0829. The summed E-state index contributed by atoms with van der Waals surface area (Å²) in [7, 11) is 0. The van der Waals surface area contributed by atoms with E-state index in [0.29, 0.717) is 34.1 Å². The second-order valence-electron chi connectivity index (χ2n) is 6.48. The van der Waals surface area contributed by atoms with Gasteiger partial charge in [0.25, 0.3) is 0 Å². The molecular formula is C21H17ClFN3OS. The first-order valence-electron chi connectivity index (χ1n) is 8.74. The van der Waals surface area contributed by atoms with Crippen molar-refractivity contribution < 1.29 is 9.50 Å². The molecule has 1 aromatic heterocycles. The number of nitrogens with one attached hydrogen (secondary N) is 1. The number of aromatic nitrogens is 1. The van der Waals surface area contributed by atoms with Crippen LogP contribution in [0.25, 0.3) is 16.8 Å². The van der Waals surface area contributed by atoms with E-state index in [9.17, 15) is 9.50 Å². The minimum absolute atomic E-state index is 0.121. The number of benzene rings is 2. The Morgan fingerprint density at radius 1 is 1.18 bits per heavy atom. The van der Waals surface area contributed by atoms with Crippen molar-refractivity contribution in [1.82, 2.24) is 9.88 Å². The number of thiazole rings is 1. The van der Waals surface area contributed by atoms with Crippen LogP contribution in [-0.4, -0.2) is 33.9 Å². The summed E-state index contributed by atoms with van der Waals surface area (Å²) >= 11 is 7.31. The Kier molecular flexibility index (Phi) is 5.15. The van der Waals surface area contributed by atoms with Crippen LogP contribution in [0.3, 0.4) is 0 Å². The van der Waals surface area contributed by atoms with Gasteiger partial charge in [-0.05, 0) is 30.2 Å². The van der Waals surface area contributed by atoms with E-state index in [4.69, 9.17) is 17.0 Å². The molecule has 3 aromatic rings. The summed E-state index contributed by atoms with van der Waals surface area (Å²) in [4.78, 5) is 6.33. The predicted molar refractivity (Wildman–Crippen MR) is 112 cm³/mol. The van der Waals surface area contributed by atoms with E-state index in [0.717, 1.165) is 11.3 Å². The molecule has 0 atom stereocenters. The second kappa shape index (κ2) is 7.73. The van der Waals surface area contributed by atoms with Gasteiger partial charge in [-0.1, -0.05) is 41.9 Å². The van der Waals surface area contributed by atoms with Crippen LogP contribution in [0.15, 0.2) is 59.7 Å². The third kappa shape index (κ3) is 3.66. The third-order valence-electron chi connectivity index (χ3n) is 4.65. The minimum Gasteiger partial charge on any atom is -0.510 e. The molecule has 0 bridgehead atoms. The average molecular weight is 414 g/mol. The Hall–Kier alpha value is -2.70. The molecule has 4 nitrogen and oxygen atoms in total. The maximum atomic E-state index is 13.8. The highest BCUT2D eigenvalue weighted by molar-refractivity contribution is 7.11. The van der Waals surface area contributed by atoms with Crippen LogP contribution in [-0.2, 0) is 6.42 Å². The standard InChI is InChI=1S/C21H17ClFN3OS/c22-15-7-5-14(6-8-15)17-12-28-21(25-17)19-18(27)11-26(20(19)24)10-9-13-3-1-2-4-16(13)23/h1-8,12,24,27H,9-11H2. The Morgan fingerprint density at radius 3 is 2.68 bits per heavy atom. The molecule has 1 aliphatic heterocycles. The maximum Gasteiger partial charge on any atom is 0.135 e. The van der Waals surface area contributed by atoms with Crippen LogP contribution in [0.5, 0.6) is 0 Å². The number of amidine groups is 1. The Morgan fingerprint density at radius 2 is 1.93 bits per heavy atom. The van der Waals surface area contributed by atoms with Crippen molar-refractivity contribution in [3.05, 3.63) is 81.1 Å². The lowest BCUT2D eigenvalue weighted by molar-refractivity contribution is 0.350. The monoisotopic (exact) mass is 413 g/mol. The molecule has 2 aromatic carbocycles. The van der Waals surface area contributed by atoms with E-state index in [2.05, 4.69) is 4.98 Å². The summed E-state index contributed by atoms with van der Waals surface area (Å²) < 4.78 is 13.8. The predicted octanol–water partition coefficient (Wildman–Crippen LogP) is 5.41. The van der Waals surface area contributed by atoms with Crippen LogP contribution in [0, 0.1) is 11.2 Å². The fourth-order valence-corrected chi connectivity index (χ4v) is 4.17. The molecule has 2 N–H and O–H groups in total. The average Bonchev–Trinajstić information content (AvgIpc) is 3.26. The number of halogens is 2. The number of aliphatic hydroxyl groups excluding tert-OH is 1. The van der Waals surface area contributed by atoms with Crippen LogP contribution >= 0.6 is 22.9 Å². The van der Waals surface area contributed by atoms with Crippen LogP contribution in [0.2, 0.25) is 5.02 Å². The van der Waals surface area contributed by atoms with Crippen molar-refractivity contribution in [2.24, 2.45) is 0 Å². The quantitative estimate of drug-likeness (QED) is 0.588. The molecule has 0 amide bonds. The smallest absolute Gasteiger partial charge is 0.135 e. The first-order valence-corrected chi connectivity index (χ1v) is 10.00. The van der Waals surface area contributed by atoms with Gasteiger partial charge in [-0.25, -0.2) is 9.37 Å². The molecule has 0 saturated carbocycles. The highest BCUT2D eigenvalue weighted by atomic mass is 35.5. The topological polar surface area (TPSA) is 60.2 Å². The van der Waals surface area contributed by atoms with Gasteiger partial charge in [0.1, 0.15) is 22.4 Å². The molecule has 4 rings (SSSR count). The van der Waals surface area contributed by atoms with Gasteiger partial charge < -0.3 is 10.0 Å². The molecule has 0 radical (unpaired) electrons. The third-order valence-corrected chi connectivity index (χ3v) is 5.76. The van der Waals surface area contributed by atoms with Crippen LogP contribution in [0.1, 0.15) is 10.6 Å². The van der Waals surface area contributed by atoms with E-state index in [1.54, 1.807) is 35.2 Å². The largest absolute Gasteiger partial charge is 0.510 e. The summed E-state index contributed by atoms with van der Waals surface area (Å²) in [6, 6.07) is 14.0. The zero-order valence-corrected chi connectivity index (χ0v) is 16.4. The Bertz CT molecular complexity index is 1060. The van der Waals surface area contributed by atoms with E-state index in [1.165, 1.54) is 17.4 Å². The molecule has 2 heterocycles. The Labute approximate surface area is 171 Å². The molecule has 28 heavy (non-hydrogen) atoms. The molecular weight excluding hydrogens is 397 g/mol. The van der Waals surface area contributed by atoms with E-state index in [1.807, 2.05) is 17.5 Å². The molecule has 0 fully saturated rings. The van der Waals surface area contributed by atoms with Gasteiger partial charge in [-0.15, -0.1) is 11.3 Å². The second-order valence-corrected chi connectivity index (χ2v) is 7.77. The number of hydrogen-bond donors (Lipinski definition) is 2. The van der Waals surface area contributed by atoms with E-state index in [-0.39, 0.29) is 24.0 Å². The molecule has 0 aliphatic carbocycles. The van der Waals surface area contributed by atoms with Gasteiger partial charge in [0.15, 0.2) is 0 Å². The van der Waals surface area contributed by atoms with Crippen molar-refractivity contribution in [2.75, 3.05) is 13.1 Å². The number of hydrogen-bond acceptors (Lipinski definition) is 4. The molecule has 1 aliphatic rings. The van der Waals surface area contributed by atoms with Crippen molar-refractivity contribution in [1.29, 1.82) is 5.41 Å². The fourth-order valence-electron chi connectivity index (χ4n) is 3.15. The highest BCUT2D eigenvalue weighted by Gasteiger charge is 2.30. The SMILES string of the molecule is N=C1C(c2nc(-c3ccc(Cl)cc3)cs2)=C(O)CN1CCc1ccccc1F. The minimum atomic E-state index is -0.252. The molecule has 7 heteroatoms. The van der Waals surface area contributed by atoms with Crippen molar-refractivity contribution in [2.45, 2.75) is 6.42 Å². The first-order chi connectivity index (χ1) is 13.5. The molecule has 0 unspecified atom stereocenters. The lowest BCUT2D eigenvalue weighted by Crippen LogP contribution is -2.29. The summed E-state index contributed by atoms with van der Waals surface area (Å²) in [5, 5.41) is 22.0. The van der Waals surface area contributed by atoms with Gasteiger partial charge >= 0.3 is 0 Å². The number of rotatable bonds is 5. The van der Waals surface area contributed by atoms with Crippen molar-refractivity contribution >= 4 is 34.3 Å². The highest BCUT2D eigenvalue weighted by Crippen LogP contribution is 2.32. The zero-order chi connectivity index (χ0) is 19.7. The summed E-state index contributed by atoms with van der Waals surface area (Å²) in [5.41, 5.74) is 2.74. The van der Waals surface area contributed by atoms with Crippen LogP contribution in [0.4, 0.5) is 4.39 Å². The first kappa shape index (κ1) is 18.7. The van der Waals surface area contributed by atoms with Gasteiger partial charge in [-0.3, -0.25) is 5.41 Å². The van der Waals surface area contributed by atoms with Gasteiger partial charge in [0.2, 0.25) is 0 Å². The Balaban J connectivity index is 1.50. The lowest BCUT2D eigenvalue weighted by atomic mass is 10.1. The lowest BCUT2D eigenvalue weighted by Gasteiger charge is -2.18. The number of aliphatic hydroxyl groups is 1. The fraction of sp³-hybridized carbons (Fsp3) is 0.143. The van der Waals surface area contributed by atoms with Crippen LogP contribution < -0.4 is 0 Å².